The average molecular weight is 190 g/mol. The van der Waals surface area contributed by atoms with Gasteiger partial charge in [-0.15, -0.1) is 0 Å². The zero-order valence-corrected chi connectivity index (χ0v) is 6.97. The van der Waals surface area contributed by atoms with Crippen molar-refractivity contribution in [1.29, 1.82) is 0 Å². The minimum Gasteiger partial charge on any atom is -0.508 e. The maximum Gasteiger partial charge on any atom is 0.320 e. The Morgan fingerprint density at radius 3 is 2.38 bits per heavy atom. The van der Waals surface area contributed by atoms with Crippen LogP contribution in [0, 0.1) is 0 Å². The van der Waals surface area contributed by atoms with Gasteiger partial charge in [-0.1, -0.05) is 12.1 Å². The fraction of sp³-hybridized carbons (Fsp3) is 0.222. The Bertz CT molecular complexity index is 294. The first kappa shape index (κ1) is 9.54. The lowest BCUT2D eigenvalue weighted by Gasteiger charge is -2.05. The van der Waals surface area contributed by atoms with Gasteiger partial charge in [0.2, 0.25) is 0 Å². The molecule has 0 aliphatic rings. The number of carboxylic acids is 1. The number of hydrogen-bond acceptors (Lipinski definition) is 3. The van der Waals surface area contributed by atoms with Crippen molar-refractivity contribution >= 4 is 5.97 Å². The molecule has 0 amide bonds. The van der Waals surface area contributed by atoms with Gasteiger partial charge < -0.3 is 15.9 Å². The van der Waals surface area contributed by atoms with Crippen LogP contribution in [-0.2, 0) is 11.2 Å². The molecular weight excluding hydrogens is 179 g/mol. The first-order chi connectivity index (χ1) is 6.09. The van der Waals surface area contributed by atoms with E-state index >= 15 is 0 Å². The zero-order chi connectivity index (χ0) is 9.84. The molecule has 70 valence electrons. The summed E-state index contributed by atoms with van der Waals surface area (Å²) < 4.78 is 0. The summed E-state index contributed by atoms with van der Waals surface area (Å²) in [6.45, 7) is 0. The van der Waals surface area contributed by atoms with Crippen molar-refractivity contribution in [3.05, 3.63) is 29.8 Å². The predicted octanol–water partition coefficient (Wildman–Crippen LogP) is 0.347. The fourth-order valence-corrected chi connectivity index (χ4v) is 0.973. The number of rotatable bonds is 3. The summed E-state index contributed by atoms with van der Waals surface area (Å²) in [5, 5.41) is 17.5. The lowest BCUT2D eigenvalue weighted by Crippen LogP contribution is -2.32. The fourth-order valence-electron chi connectivity index (χ4n) is 0.973. The summed E-state index contributed by atoms with van der Waals surface area (Å²) in [4.78, 5) is 10.4. The van der Waals surface area contributed by atoms with Gasteiger partial charge in [0.25, 0.3) is 0 Å². The number of carboxylic acid groups (broad SMARTS) is 1. The number of phenols is 1. The second-order valence-electron chi connectivity index (χ2n) is 2.82. The van der Waals surface area contributed by atoms with E-state index in [2.05, 4.69) is 0 Å². The van der Waals surface area contributed by atoms with Crippen LogP contribution < -0.4 is 5.73 Å². The first-order valence-electron chi connectivity index (χ1n) is 3.86. The summed E-state index contributed by atoms with van der Waals surface area (Å²) in [5.74, 6) is -0.860. The molecule has 4 nitrogen and oxygen atoms in total. The van der Waals surface area contributed by atoms with Gasteiger partial charge >= 0.3 is 5.97 Å². The molecule has 4 N–H and O–H groups in total. The van der Waals surface area contributed by atoms with Crippen LogP contribution in [0.4, 0.5) is 0 Å². The van der Waals surface area contributed by atoms with Crippen LogP contribution in [0.25, 0.3) is 0 Å². The number of benzene rings is 1. The standard InChI is InChI=1S/C9H11NO3/c10-8(9(12)13)5-6-1-3-7(11)4-2-6/h1-4,8,11H,5,10H2,(H,12,13)/t8-/m1/s1/i1+1,2+1,3+1,4+1,5+1,6+1,7+1,8+1,9+1. The molecule has 0 aliphatic heterocycles. The van der Waals surface area contributed by atoms with E-state index in [0.717, 1.165) is 5.56 Å². The highest BCUT2D eigenvalue weighted by molar-refractivity contribution is 5.73. The van der Waals surface area contributed by atoms with Crippen LogP contribution in [-0.4, -0.2) is 22.2 Å². The molecule has 0 saturated carbocycles. The van der Waals surface area contributed by atoms with Crippen LogP contribution in [0.3, 0.4) is 0 Å². The second-order valence-corrected chi connectivity index (χ2v) is 2.82. The average Bonchev–Trinajstić information content (AvgIpc) is 2.08. The molecule has 0 bridgehead atoms. The number of aromatic hydroxyl groups is 1. The van der Waals surface area contributed by atoms with Gasteiger partial charge in [-0.05, 0) is 24.1 Å². The Balaban J connectivity index is 2.64. The van der Waals surface area contributed by atoms with Gasteiger partial charge in [-0.3, -0.25) is 4.79 Å². The lowest BCUT2D eigenvalue weighted by atomic mass is 11.0. The SMILES string of the molecule is N[13C@H]([13CH2][13c]1[13cH][13cH][13c](O)[13cH][13cH]1)[13C](=O)O. The Hall–Kier alpha value is -1.55. The molecule has 0 radical (unpaired) electrons. The van der Waals surface area contributed by atoms with Crippen molar-refractivity contribution in [2.75, 3.05) is 0 Å². The van der Waals surface area contributed by atoms with Crippen molar-refractivity contribution in [2.24, 2.45) is 5.73 Å². The normalized spacial score (nSPS) is 12.4. The summed E-state index contributed by atoms with van der Waals surface area (Å²) in [7, 11) is 0. The van der Waals surface area contributed by atoms with E-state index < -0.39 is 12.0 Å². The first-order valence-corrected chi connectivity index (χ1v) is 3.86. The van der Waals surface area contributed by atoms with E-state index in [1.54, 1.807) is 12.1 Å². The maximum atomic E-state index is 10.4. The van der Waals surface area contributed by atoms with Gasteiger partial charge in [0, 0.05) is 0 Å². The smallest absolute Gasteiger partial charge is 0.320 e. The quantitative estimate of drug-likeness (QED) is 0.600. The van der Waals surface area contributed by atoms with Crippen molar-refractivity contribution in [3.63, 3.8) is 0 Å². The molecule has 1 rings (SSSR count). The van der Waals surface area contributed by atoms with Crippen LogP contribution in [0.2, 0.25) is 0 Å². The highest BCUT2D eigenvalue weighted by Gasteiger charge is 2.11. The van der Waals surface area contributed by atoms with E-state index in [1.807, 2.05) is 0 Å². The summed E-state index contributed by atoms with van der Waals surface area (Å²) in [6, 6.07) is 5.42. The van der Waals surface area contributed by atoms with Gasteiger partial charge in [0.1, 0.15) is 11.8 Å². The van der Waals surface area contributed by atoms with Crippen molar-refractivity contribution < 1.29 is 15.0 Å². The van der Waals surface area contributed by atoms with E-state index in [9.17, 15) is 4.79 Å². The van der Waals surface area contributed by atoms with Crippen molar-refractivity contribution in [2.45, 2.75) is 12.5 Å². The number of nitrogens with two attached hydrogens (primary N) is 1. The van der Waals surface area contributed by atoms with Crippen LogP contribution in [0.15, 0.2) is 24.3 Å². The Morgan fingerprint density at radius 2 is 1.92 bits per heavy atom. The third-order valence-electron chi connectivity index (χ3n) is 1.71. The number of hydrogen-bond donors (Lipinski definition) is 3. The third-order valence-corrected chi connectivity index (χ3v) is 1.71. The Kier molecular flexibility index (Phi) is 2.87. The van der Waals surface area contributed by atoms with Gasteiger partial charge in [-0.2, -0.15) is 0 Å². The van der Waals surface area contributed by atoms with Crippen molar-refractivity contribution in [3.8, 4) is 5.75 Å². The minimum atomic E-state index is -1.02. The molecule has 4 heteroatoms. The van der Waals surface area contributed by atoms with Gasteiger partial charge in [0.15, 0.2) is 0 Å². The van der Waals surface area contributed by atoms with Crippen LogP contribution >= 0.6 is 0 Å². The van der Waals surface area contributed by atoms with E-state index in [0.29, 0.717) is 0 Å². The molecule has 0 fully saturated rings. The summed E-state index contributed by atoms with van der Waals surface area (Å²) >= 11 is 0. The second kappa shape index (κ2) is 3.91. The molecule has 1 aromatic carbocycles. The van der Waals surface area contributed by atoms with E-state index in [1.165, 1.54) is 12.1 Å². The predicted molar refractivity (Wildman–Crippen MR) is 47.4 cm³/mol. The lowest BCUT2D eigenvalue weighted by molar-refractivity contribution is -0.138. The van der Waals surface area contributed by atoms with Gasteiger partial charge in [-0.25, -0.2) is 0 Å². The molecule has 0 unspecified atom stereocenters. The number of aliphatic carboxylic acids is 1. The van der Waals surface area contributed by atoms with Crippen LogP contribution in [0.1, 0.15) is 5.56 Å². The molecule has 0 heterocycles. The molecule has 0 aliphatic carbocycles. The molecule has 0 spiro atoms. The molecule has 1 aromatic rings. The largest absolute Gasteiger partial charge is 0.508 e. The highest BCUT2D eigenvalue weighted by Crippen LogP contribution is 2.10. The summed E-state index contributed by atoms with van der Waals surface area (Å²) in [6.07, 6.45) is 0.273. The monoisotopic (exact) mass is 190 g/mol. The maximum absolute atomic E-state index is 10.4. The molecule has 13 heavy (non-hydrogen) atoms. The van der Waals surface area contributed by atoms with E-state index in [4.69, 9.17) is 15.9 Å². The molecule has 1 atom stereocenters. The number of phenolic OH excluding ortho intramolecular Hbond substituents is 1. The Morgan fingerprint density at radius 1 is 1.38 bits per heavy atom. The molecule has 0 aromatic heterocycles. The topological polar surface area (TPSA) is 83.5 Å². The minimum absolute atomic E-state index is 0.160. The van der Waals surface area contributed by atoms with Crippen LogP contribution in [0.5, 0.6) is 5.75 Å². The zero-order valence-electron chi connectivity index (χ0n) is 6.97. The van der Waals surface area contributed by atoms with Crippen molar-refractivity contribution in [1.82, 2.24) is 0 Å². The Labute approximate surface area is 75.6 Å². The number of carbonyl (C=O) groups is 1. The molecular formula is C9H11NO3. The molecule has 0 saturated heterocycles. The van der Waals surface area contributed by atoms with Gasteiger partial charge in [0.05, 0.1) is 0 Å². The van der Waals surface area contributed by atoms with E-state index in [-0.39, 0.29) is 12.2 Å². The highest BCUT2D eigenvalue weighted by atomic mass is 16.5. The third kappa shape index (κ3) is 2.76. The summed E-state index contributed by atoms with van der Waals surface area (Å²) in [5.41, 5.74) is 6.12.